The monoisotopic (exact) mass is 290 g/mol. The van der Waals surface area contributed by atoms with E-state index in [1.54, 1.807) is 23.1 Å². The van der Waals surface area contributed by atoms with Gasteiger partial charge >= 0.3 is 12.0 Å². The van der Waals surface area contributed by atoms with Crippen molar-refractivity contribution in [3.8, 4) is 0 Å². The largest absolute Gasteiger partial charge is 0.478 e. The summed E-state index contributed by atoms with van der Waals surface area (Å²) in [5.41, 5.74) is 1.94. The van der Waals surface area contributed by atoms with Gasteiger partial charge in [0.05, 0.1) is 5.56 Å². The highest BCUT2D eigenvalue weighted by molar-refractivity contribution is 5.97. The summed E-state index contributed by atoms with van der Waals surface area (Å²) < 4.78 is 0. The number of carboxylic acids is 1. The van der Waals surface area contributed by atoms with Gasteiger partial charge in [-0.05, 0) is 37.0 Å². The molecule has 1 aliphatic rings. The minimum atomic E-state index is -0.974. The maximum Gasteiger partial charge on any atom is 0.335 e. The van der Waals surface area contributed by atoms with Crippen LogP contribution in [0, 0.1) is 5.92 Å². The Labute approximate surface area is 125 Å². The second-order valence-electron chi connectivity index (χ2n) is 5.67. The number of carbonyl (C=O) groups excluding carboxylic acids is 1. The summed E-state index contributed by atoms with van der Waals surface area (Å²) in [7, 11) is 0. The minimum Gasteiger partial charge on any atom is -0.478 e. The summed E-state index contributed by atoms with van der Waals surface area (Å²) in [6.45, 7) is 6.79. The molecule has 1 aliphatic heterocycles. The van der Waals surface area contributed by atoms with E-state index < -0.39 is 5.97 Å². The van der Waals surface area contributed by atoms with E-state index in [2.05, 4.69) is 19.2 Å². The highest BCUT2D eigenvalue weighted by Gasteiger charge is 2.27. The number of benzene rings is 1. The lowest BCUT2D eigenvalue weighted by atomic mass is 10.0. The third-order valence-corrected chi connectivity index (χ3v) is 4.32. The van der Waals surface area contributed by atoms with E-state index in [1.807, 2.05) is 6.92 Å². The van der Waals surface area contributed by atoms with E-state index >= 15 is 0 Å². The van der Waals surface area contributed by atoms with Crippen molar-refractivity contribution in [1.82, 2.24) is 5.32 Å². The normalized spacial score (nSPS) is 16.2. The first kappa shape index (κ1) is 15.4. The lowest BCUT2D eigenvalue weighted by Crippen LogP contribution is -2.45. The van der Waals surface area contributed by atoms with Crippen molar-refractivity contribution >= 4 is 17.7 Å². The smallest absolute Gasteiger partial charge is 0.335 e. The van der Waals surface area contributed by atoms with Crippen molar-refractivity contribution in [2.45, 2.75) is 39.7 Å². The summed E-state index contributed by atoms with van der Waals surface area (Å²) in [5, 5.41) is 12.1. The van der Waals surface area contributed by atoms with Gasteiger partial charge in [0.2, 0.25) is 0 Å². The van der Waals surface area contributed by atoms with E-state index in [0.717, 1.165) is 18.4 Å². The number of nitrogens with one attached hydrogen (secondary N) is 1. The average molecular weight is 290 g/mol. The van der Waals surface area contributed by atoms with Crippen molar-refractivity contribution in [3.05, 3.63) is 29.3 Å². The van der Waals surface area contributed by atoms with Crippen molar-refractivity contribution in [1.29, 1.82) is 0 Å². The zero-order chi connectivity index (χ0) is 15.6. The van der Waals surface area contributed by atoms with Gasteiger partial charge in [-0.25, -0.2) is 9.59 Å². The van der Waals surface area contributed by atoms with E-state index in [4.69, 9.17) is 5.11 Å². The number of nitrogens with zero attached hydrogens (tertiary/aromatic N) is 1. The van der Waals surface area contributed by atoms with Crippen LogP contribution in [0.4, 0.5) is 10.5 Å². The fraction of sp³-hybridized carbons (Fsp3) is 0.500. The Morgan fingerprint density at radius 1 is 1.38 bits per heavy atom. The third-order valence-electron chi connectivity index (χ3n) is 4.32. The Morgan fingerprint density at radius 2 is 2.10 bits per heavy atom. The van der Waals surface area contributed by atoms with Crippen LogP contribution < -0.4 is 10.2 Å². The van der Waals surface area contributed by atoms with E-state index in [1.165, 1.54) is 0 Å². The Balaban J connectivity index is 2.16. The van der Waals surface area contributed by atoms with Crippen LogP contribution in [0.5, 0.6) is 0 Å². The Kier molecular flexibility index (Phi) is 4.50. The molecular formula is C16H22N2O3. The number of hydrogen-bond donors (Lipinski definition) is 2. The average Bonchev–Trinajstić information content (AvgIpc) is 2.88. The first-order chi connectivity index (χ1) is 9.93. The Bertz CT molecular complexity index is 556. The van der Waals surface area contributed by atoms with E-state index in [0.29, 0.717) is 18.2 Å². The summed E-state index contributed by atoms with van der Waals surface area (Å²) in [4.78, 5) is 25.1. The number of carbonyl (C=O) groups is 2. The zero-order valence-electron chi connectivity index (χ0n) is 12.7. The molecule has 1 aromatic carbocycles. The lowest BCUT2D eigenvalue weighted by Gasteiger charge is -2.24. The number of amides is 2. The standard InChI is InChI=1S/C16H22N2O3/c1-4-10(2)11(3)17-16(21)18-8-7-12-5-6-13(15(19)20)9-14(12)18/h5-6,9-11H,4,7-8H2,1-3H3,(H,17,21)(H,19,20). The summed E-state index contributed by atoms with van der Waals surface area (Å²) in [6, 6.07) is 4.91. The second-order valence-corrected chi connectivity index (χ2v) is 5.67. The highest BCUT2D eigenvalue weighted by atomic mass is 16.4. The first-order valence-electron chi connectivity index (χ1n) is 7.38. The number of carboxylic acid groups (broad SMARTS) is 1. The third kappa shape index (κ3) is 3.17. The van der Waals surface area contributed by atoms with Gasteiger partial charge in [-0.1, -0.05) is 26.3 Å². The molecule has 2 N–H and O–H groups in total. The molecule has 0 aromatic heterocycles. The summed E-state index contributed by atoms with van der Waals surface area (Å²) >= 11 is 0. The van der Waals surface area contributed by atoms with Crippen LogP contribution in [0.1, 0.15) is 43.1 Å². The second kappa shape index (κ2) is 6.16. The van der Waals surface area contributed by atoms with Crippen LogP contribution >= 0.6 is 0 Å². The van der Waals surface area contributed by atoms with E-state index in [-0.39, 0.29) is 17.6 Å². The Hall–Kier alpha value is -2.04. The van der Waals surface area contributed by atoms with E-state index in [9.17, 15) is 9.59 Å². The molecule has 0 fully saturated rings. The van der Waals surface area contributed by atoms with Crippen LogP contribution in [0.15, 0.2) is 18.2 Å². The molecule has 5 nitrogen and oxygen atoms in total. The van der Waals surface area contributed by atoms with Crippen molar-refractivity contribution < 1.29 is 14.7 Å². The number of rotatable bonds is 4. The minimum absolute atomic E-state index is 0.0919. The van der Waals surface area contributed by atoms with Crippen LogP contribution in [0.3, 0.4) is 0 Å². The maximum absolute atomic E-state index is 12.4. The topological polar surface area (TPSA) is 69.6 Å². The number of hydrogen-bond acceptors (Lipinski definition) is 2. The molecule has 1 aromatic rings. The first-order valence-corrected chi connectivity index (χ1v) is 7.38. The number of aromatic carboxylic acids is 1. The molecule has 2 rings (SSSR count). The van der Waals surface area contributed by atoms with Crippen LogP contribution in [-0.2, 0) is 6.42 Å². The molecule has 114 valence electrons. The van der Waals surface area contributed by atoms with Gasteiger partial charge < -0.3 is 10.4 Å². The van der Waals surface area contributed by atoms with Crippen molar-refractivity contribution in [2.24, 2.45) is 5.92 Å². The van der Waals surface area contributed by atoms with Crippen LogP contribution in [0.25, 0.3) is 0 Å². The molecule has 0 radical (unpaired) electrons. The molecule has 0 saturated carbocycles. The molecule has 0 spiro atoms. The predicted molar refractivity (Wildman–Crippen MR) is 81.9 cm³/mol. The lowest BCUT2D eigenvalue weighted by molar-refractivity contribution is 0.0697. The van der Waals surface area contributed by atoms with Gasteiger partial charge in [0.25, 0.3) is 0 Å². The molecule has 21 heavy (non-hydrogen) atoms. The molecular weight excluding hydrogens is 268 g/mol. The summed E-state index contributed by atoms with van der Waals surface area (Å²) in [6.07, 6.45) is 1.77. The molecule has 5 heteroatoms. The highest BCUT2D eigenvalue weighted by Crippen LogP contribution is 2.29. The maximum atomic E-state index is 12.4. The molecule has 2 amide bonds. The number of urea groups is 1. The fourth-order valence-corrected chi connectivity index (χ4v) is 2.49. The molecule has 0 bridgehead atoms. The number of anilines is 1. The number of fused-ring (bicyclic) bond motifs is 1. The fourth-order valence-electron chi connectivity index (χ4n) is 2.49. The molecule has 0 aliphatic carbocycles. The molecule has 2 unspecified atom stereocenters. The van der Waals surface area contributed by atoms with Crippen LogP contribution in [0.2, 0.25) is 0 Å². The molecule has 0 saturated heterocycles. The van der Waals surface area contributed by atoms with Crippen molar-refractivity contribution in [2.75, 3.05) is 11.4 Å². The van der Waals surface area contributed by atoms with Gasteiger partial charge in [-0.15, -0.1) is 0 Å². The quantitative estimate of drug-likeness (QED) is 0.895. The SMILES string of the molecule is CCC(C)C(C)NC(=O)N1CCc2ccc(C(=O)O)cc21. The zero-order valence-corrected chi connectivity index (χ0v) is 12.7. The van der Waals surface area contributed by atoms with Gasteiger partial charge in [0.15, 0.2) is 0 Å². The van der Waals surface area contributed by atoms with Crippen LogP contribution in [-0.4, -0.2) is 29.7 Å². The Morgan fingerprint density at radius 3 is 2.71 bits per heavy atom. The summed E-state index contributed by atoms with van der Waals surface area (Å²) in [5.74, 6) is -0.570. The van der Waals surface area contributed by atoms with Gasteiger partial charge in [0.1, 0.15) is 0 Å². The molecule has 2 atom stereocenters. The van der Waals surface area contributed by atoms with Gasteiger partial charge in [0, 0.05) is 18.3 Å². The van der Waals surface area contributed by atoms with Gasteiger partial charge in [-0.2, -0.15) is 0 Å². The predicted octanol–water partition coefficient (Wildman–Crippen LogP) is 2.89. The van der Waals surface area contributed by atoms with Crippen molar-refractivity contribution in [3.63, 3.8) is 0 Å². The van der Waals surface area contributed by atoms with Gasteiger partial charge in [-0.3, -0.25) is 4.90 Å². The molecule has 1 heterocycles.